The molecule has 0 spiro atoms. The Labute approximate surface area is 214 Å². The summed E-state index contributed by atoms with van der Waals surface area (Å²) in [6, 6.07) is 14.5. The van der Waals surface area contributed by atoms with Crippen LogP contribution in [0.15, 0.2) is 54.7 Å². The van der Waals surface area contributed by atoms with Crippen molar-refractivity contribution in [1.29, 1.82) is 0 Å². The van der Waals surface area contributed by atoms with E-state index in [0.717, 1.165) is 39.5 Å². The number of nitrogens with zero attached hydrogens (tertiary/aromatic N) is 2. The van der Waals surface area contributed by atoms with Crippen LogP contribution in [0, 0.1) is 6.92 Å². The molecule has 1 saturated heterocycles. The molecule has 1 fully saturated rings. The lowest BCUT2D eigenvalue weighted by atomic mass is 9.99. The molecule has 3 amide bonds. The molecule has 36 heavy (non-hydrogen) atoms. The van der Waals surface area contributed by atoms with Crippen molar-refractivity contribution in [1.82, 2.24) is 9.88 Å². The van der Waals surface area contributed by atoms with Gasteiger partial charge in [0.1, 0.15) is 5.01 Å². The van der Waals surface area contributed by atoms with E-state index in [4.69, 9.17) is 5.11 Å². The first-order chi connectivity index (χ1) is 17.2. The first-order valence-electron chi connectivity index (χ1n) is 11.9. The van der Waals surface area contributed by atoms with E-state index in [9.17, 15) is 14.4 Å². The molecule has 9 heteroatoms. The number of urea groups is 1. The van der Waals surface area contributed by atoms with Crippen molar-refractivity contribution in [2.75, 3.05) is 17.2 Å². The lowest BCUT2D eigenvalue weighted by Crippen LogP contribution is -2.43. The fourth-order valence-electron chi connectivity index (χ4n) is 4.46. The number of rotatable bonds is 8. The quantitative estimate of drug-likeness (QED) is 0.389. The molecule has 4 rings (SSSR count). The Morgan fingerprint density at radius 1 is 1.11 bits per heavy atom. The molecule has 1 aliphatic rings. The number of carbonyl (C=O) groups is 3. The highest BCUT2D eigenvalue weighted by Crippen LogP contribution is 2.40. The van der Waals surface area contributed by atoms with Gasteiger partial charge in [-0.3, -0.25) is 9.59 Å². The van der Waals surface area contributed by atoms with Gasteiger partial charge >= 0.3 is 12.0 Å². The highest BCUT2D eigenvalue weighted by Gasteiger charge is 2.43. The second kappa shape index (κ2) is 10.9. The first-order valence-corrected chi connectivity index (χ1v) is 12.8. The van der Waals surface area contributed by atoms with Gasteiger partial charge in [-0.2, -0.15) is 0 Å². The van der Waals surface area contributed by atoms with E-state index in [1.165, 1.54) is 11.3 Å². The second-order valence-corrected chi connectivity index (χ2v) is 10.3. The highest BCUT2D eigenvalue weighted by atomic mass is 32.1. The molecule has 188 valence electrons. The maximum absolute atomic E-state index is 13.3. The topological polar surface area (TPSA) is 112 Å². The third-order valence-electron chi connectivity index (χ3n) is 6.50. The number of para-hydroxylation sites is 1. The molecule has 3 aromatic rings. The minimum atomic E-state index is -0.832. The number of hydrogen-bond acceptors (Lipinski definition) is 5. The Balaban J connectivity index is 1.36. The van der Waals surface area contributed by atoms with Crippen molar-refractivity contribution in [3.8, 4) is 0 Å². The number of anilines is 2. The number of carboxylic acids is 1. The van der Waals surface area contributed by atoms with E-state index in [0.29, 0.717) is 18.7 Å². The lowest BCUT2D eigenvalue weighted by molar-refractivity contribution is -0.137. The minimum absolute atomic E-state index is 0.0234. The number of thiazole rings is 1. The zero-order valence-electron chi connectivity index (χ0n) is 20.4. The average Bonchev–Trinajstić information content (AvgIpc) is 3.48. The number of aryl methyl sites for hydroxylation is 2. The molecule has 1 atom stereocenters. The summed E-state index contributed by atoms with van der Waals surface area (Å²) in [4.78, 5) is 43.8. The van der Waals surface area contributed by atoms with Gasteiger partial charge in [-0.25, -0.2) is 9.78 Å². The van der Waals surface area contributed by atoms with Gasteiger partial charge in [-0.05, 0) is 62.4 Å². The van der Waals surface area contributed by atoms with E-state index in [1.807, 2.05) is 55.1 Å². The average molecular weight is 507 g/mol. The predicted octanol–water partition coefficient (Wildman–Crippen LogP) is 5.19. The fourth-order valence-corrected chi connectivity index (χ4v) is 5.56. The molecule has 2 heterocycles. The Hall–Kier alpha value is -3.72. The summed E-state index contributed by atoms with van der Waals surface area (Å²) in [5.41, 5.74) is 2.74. The Morgan fingerprint density at radius 2 is 1.86 bits per heavy atom. The van der Waals surface area contributed by atoms with Crippen LogP contribution >= 0.6 is 11.3 Å². The van der Waals surface area contributed by atoms with Crippen LogP contribution in [0.1, 0.15) is 47.2 Å². The van der Waals surface area contributed by atoms with Crippen LogP contribution in [-0.2, 0) is 28.0 Å². The van der Waals surface area contributed by atoms with Gasteiger partial charge in [-0.1, -0.05) is 30.3 Å². The molecular formula is C27H30N4O4S. The van der Waals surface area contributed by atoms with E-state index in [-0.39, 0.29) is 24.8 Å². The van der Waals surface area contributed by atoms with E-state index in [1.54, 1.807) is 18.3 Å². The van der Waals surface area contributed by atoms with Crippen LogP contribution in [0.4, 0.5) is 16.2 Å². The first kappa shape index (κ1) is 25.4. The summed E-state index contributed by atoms with van der Waals surface area (Å²) in [5, 5.41) is 15.4. The molecule has 1 unspecified atom stereocenters. The number of nitrogens with one attached hydrogen (secondary N) is 2. The van der Waals surface area contributed by atoms with Gasteiger partial charge in [0.25, 0.3) is 0 Å². The number of likely N-dealkylation sites (tertiary alicyclic amines) is 1. The van der Waals surface area contributed by atoms with Crippen molar-refractivity contribution in [2.45, 2.75) is 51.5 Å². The third-order valence-corrected chi connectivity index (χ3v) is 7.81. The van der Waals surface area contributed by atoms with Crippen molar-refractivity contribution < 1.29 is 19.5 Å². The maximum atomic E-state index is 13.3. The molecule has 0 aliphatic carbocycles. The highest BCUT2D eigenvalue weighted by molar-refractivity contribution is 7.11. The number of amides is 3. The maximum Gasteiger partial charge on any atom is 0.323 e. The molecule has 0 radical (unpaired) electrons. The van der Waals surface area contributed by atoms with Crippen LogP contribution in [0.2, 0.25) is 0 Å². The summed E-state index contributed by atoms with van der Waals surface area (Å²) >= 11 is 1.49. The van der Waals surface area contributed by atoms with Crippen molar-refractivity contribution in [2.24, 2.45) is 0 Å². The Kier molecular flexibility index (Phi) is 7.69. The number of carboxylic acid groups (broad SMARTS) is 1. The molecular weight excluding hydrogens is 476 g/mol. The van der Waals surface area contributed by atoms with E-state index >= 15 is 0 Å². The number of carbonyl (C=O) groups excluding carboxylic acids is 2. The summed E-state index contributed by atoms with van der Waals surface area (Å²) in [5.74, 6) is -0.808. The normalized spacial score (nSPS) is 17.1. The van der Waals surface area contributed by atoms with E-state index in [2.05, 4.69) is 15.6 Å². The van der Waals surface area contributed by atoms with Gasteiger partial charge < -0.3 is 20.6 Å². The summed E-state index contributed by atoms with van der Waals surface area (Å²) in [6.07, 6.45) is 4.22. The van der Waals surface area contributed by atoms with Gasteiger partial charge in [0.2, 0.25) is 5.91 Å². The number of benzene rings is 2. The summed E-state index contributed by atoms with van der Waals surface area (Å²) in [6.45, 7) is 4.63. The van der Waals surface area contributed by atoms with Crippen LogP contribution in [0.3, 0.4) is 0 Å². The smallest absolute Gasteiger partial charge is 0.323 e. The zero-order valence-corrected chi connectivity index (χ0v) is 21.2. The van der Waals surface area contributed by atoms with Crippen molar-refractivity contribution in [3.63, 3.8) is 0 Å². The number of aliphatic carboxylic acids is 1. The monoisotopic (exact) mass is 506 g/mol. The largest absolute Gasteiger partial charge is 0.481 e. The fraction of sp³-hybridized carbons (Fsp3) is 0.333. The second-order valence-electron chi connectivity index (χ2n) is 9.22. The van der Waals surface area contributed by atoms with Gasteiger partial charge in [0, 0.05) is 29.0 Å². The van der Waals surface area contributed by atoms with Gasteiger partial charge in [-0.15, -0.1) is 11.3 Å². The van der Waals surface area contributed by atoms with Crippen LogP contribution in [-0.4, -0.2) is 39.4 Å². The molecule has 0 bridgehead atoms. The van der Waals surface area contributed by atoms with Crippen molar-refractivity contribution in [3.05, 3.63) is 75.7 Å². The molecule has 1 aliphatic heterocycles. The molecule has 1 aromatic heterocycles. The molecule has 8 nitrogen and oxygen atoms in total. The van der Waals surface area contributed by atoms with Crippen LogP contribution in [0.5, 0.6) is 0 Å². The Morgan fingerprint density at radius 3 is 2.58 bits per heavy atom. The number of aromatic nitrogens is 1. The minimum Gasteiger partial charge on any atom is -0.481 e. The molecule has 2 aromatic carbocycles. The zero-order chi connectivity index (χ0) is 25.7. The Bertz CT molecular complexity index is 1260. The summed E-state index contributed by atoms with van der Waals surface area (Å²) in [7, 11) is 0. The standard InChI is InChI=1S/C27H30N4O4S/c1-18-6-3-4-7-22(18)30-26(35)29-20-10-8-19(9-11-20)16-23(32)31-15-5-14-27(31,2)25-28-17-21(36-25)12-13-24(33)34/h3-4,6-11,17H,5,12-16H2,1-2H3,(H,33,34)(H2,29,30,35). The van der Waals surface area contributed by atoms with E-state index < -0.39 is 11.5 Å². The van der Waals surface area contributed by atoms with Crippen molar-refractivity contribution >= 4 is 40.6 Å². The lowest BCUT2D eigenvalue weighted by Gasteiger charge is -2.33. The summed E-state index contributed by atoms with van der Waals surface area (Å²) < 4.78 is 0. The van der Waals surface area contributed by atoms with Gasteiger partial charge in [0.15, 0.2) is 0 Å². The third kappa shape index (κ3) is 5.91. The van der Waals surface area contributed by atoms with Crippen LogP contribution in [0.25, 0.3) is 0 Å². The van der Waals surface area contributed by atoms with Crippen LogP contribution < -0.4 is 10.6 Å². The molecule has 0 saturated carbocycles. The predicted molar refractivity (Wildman–Crippen MR) is 140 cm³/mol. The molecule has 3 N–H and O–H groups in total. The van der Waals surface area contributed by atoms with Gasteiger partial charge in [0.05, 0.1) is 18.4 Å². The number of hydrogen-bond donors (Lipinski definition) is 3. The SMILES string of the molecule is Cc1ccccc1NC(=O)Nc1ccc(CC(=O)N2CCCC2(C)c2ncc(CCC(=O)O)s2)cc1.